The third kappa shape index (κ3) is 1.94. The van der Waals surface area contributed by atoms with Gasteiger partial charge in [-0.05, 0) is 20.3 Å². The summed E-state index contributed by atoms with van der Waals surface area (Å²) in [6.45, 7) is 3.99. The van der Waals surface area contributed by atoms with Crippen molar-refractivity contribution in [3.05, 3.63) is 35.5 Å². The van der Waals surface area contributed by atoms with Crippen LogP contribution >= 0.6 is 0 Å². The highest BCUT2D eigenvalue weighted by Gasteiger charge is 2.16. The van der Waals surface area contributed by atoms with E-state index in [4.69, 9.17) is 0 Å². The largest absolute Gasteiger partial charge is 0.294 e. The molecule has 1 nitrogen and oxygen atoms in total. The lowest BCUT2D eigenvalue weighted by atomic mass is 10.1. The fraction of sp³-hybridized carbons (Fsp3) is 0.364. The Hall–Kier alpha value is -1.11. The summed E-state index contributed by atoms with van der Waals surface area (Å²) < 4.78 is 0. The van der Waals surface area contributed by atoms with Crippen LogP contribution in [0.3, 0.4) is 0 Å². The Morgan fingerprint density at radius 2 is 2.00 bits per heavy atom. The van der Waals surface area contributed by atoms with Crippen LogP contribution in [0, 0.1) is 0 Å². The van der Waals surface area contributed by atoms with Crippen molar-refractivity contribution in [2.45, 2.75) is 26.7 Å². The number of Topliss-reactive ketones (excluding diaryl/α,β-unsaturated/α-hetero) is 1. The van der Waals surface area contributed by atoms with Crippen LogP contribution in [0.15, 0.2) is 35.5 Å². The van der Waals surface area contributed by atoms with Gasteiger partial charge in [0.15, 0.2) is 5.78 Å². The Labute approximate surface area is 73.5 Å². The molecule has 1 aliphatic carbocycles. The second-order valence-electron chi connectivity index (χ2n) is 3.00. The molecule has 0 aromatic heterocycles. The molecule has 0 unspecified atom stereocenters. The summed E-state index contributed by atoms with van der Waals surface area (Å²) in [6.07, 6.45) is 9.35. The topological polar surface area (TPSA) is 17.1 Å². The van der Waals surface area contributed by atoms with Gasteiger partial charge in [0.1, 0.15) is 0 Å². The molecule has 0 saturated heterocycles. The van der Waals surface area contributed by atoms with Crippen LogP contribution < -0.4 is 0 Å². The van der Waals surface area contributed by atoms with Crippen molar-refractivity contribution in [3.63, 3.8) is 0 Å². The van der Waals surface area contributed by atoms with E-state index >= 15 is 0 Å². The zero-order chi connectivity index (χ0) is 8.97. The predicted octanol–water partition coefficient (Wildman–Crippen LogP) is 2.80. The Morgan fingerprint density at radius 1 is 1.25 bits per heavy atom. The minimum atomic E-state index is 0.285. The lowest BCUT2D eigenvalue weighted by molar-refractivity contribution is -0.114. The van der Waals surface area contributed by atoms with Crippen LogP contribution in [0.25, 0.3) is 0 Å². The monoisotopic (exact) mass is 162 g/mol. The summed E-state index contributed by atoms with van der Waals surface area (Å²) in [5, 5.41) is 0. The Kier molecular flexibility index (Phi) is 3.03. The number of hydrogen-bond donors (Lipinski definition) is 0. The summed E-state index contributed by atoms with van der Waals surface area (Å²) in [7, 11) is 0. The summed E-state index contributed by atoms with van der Waals surface area (Å²) >= 11 is 0. The first-order chi connectivity index (χ1) is 5.75. The Balaban J connectivity index is 2.73. The van der Waals surface area contributed by atoms with Gasteiger partial charge in [-0.1, -0.05) is 29.9 Å². The number of ketones is 1. The standard InChI is InChI=1S/C11H14O/c1-3-4-5-6-10-9(2)7-8-11(10)12/h3-6H,7-8H2,1-2H3/b4-3+,6-5+. The third-order valence-electron chi connectivity index (χ3n) is 2.05. The summed E-state index contributed by atoms with van der Waals surface area (Å²) in [4.78, 5) is 11.2. The van der Waals surface area contributed by atoms with Crippen LogP contribution in [0.4, 0.5) is 0 Å². The van der Waals surface area contributed by atoms with E-state index in [1.165, 1.54) is 5.57 Å². The van der Waals surface area contributed by atoms with Gasteiger partial charge in [0.25, 0.3) is 0 Å². The van der Waals surface area contributed by atoms with E-state index in [-0.39, 0.29) is 5.78 Å². The van der Waals surface area contributed by atoms with E-state index in [9.17, 15) is 4.79 Å². The fourth-order valence-corrected chi connectivity index (χ4v) is 1.31. The minimum Gasteiger partial charge on any atom is -0.294 e. The highest BCUT2D eigenvalue weighted by Crippen LogP contribution is 2.22. The summed E-state index contributed by atoms with van der Waals surface area (Å²) in [6, 6.07) is 0. The average molecular weight is 162 g/mol. The van der Waals surface area contributed by atoms with E-state index in [2.05, 4.69) is 0 Å². The highest BCUT2D eigenvalue weighted by atomic mass is 16.1. The van der Waals surface area contributed by atoms with Crippen LogP contribution in [0.2, 0.25) is 0 Å². The number of rotatable bonds is 2. The van der Waals surface area contributed by atoms with Crippen LogP contribution in [-0.4, -0.2) is 5.78 Å². The van der Waals surface area contributed by atoms with Crippen molar-refractivity contribution in [1.29, 1.82) is 0 Å². The van der Waals surface area contributed by atoms with Gasteiger partial charge >= 0.3 is 0 Å². The zero-order valence-electron chi connectivity index (χ0n) is 7.63. The van der Waals surface area contributed by atoms with E-state index in [1.807, 2.05) is 38.2 Å². The molecule has 1 rings (SSSR count). The Bertz CT molecular complexity index is 267. The summed E-state index contributed by atoms with van der Waals surface area (Å²) in [5.41, 5.74) is 2.13. The van der Waals surface area contributed by atoms with Gasteiger partial charge in [-0.25, -0.2) is 0 Å². The summed E-state index contributed by atoms with van der Waals surface area (Å²) in [5.74, 6) is 0.285. The van der Waals surface area contributed by atoms with Crippen molar-refractivity contribution in [3.8, 4) is 0 Å². The molecule has 12 heavy (non-hydrogen) atoms. The molecule has 0 amide bonds. The molecule has 64 valence electrons. The molecule has 0 aromatic rings. The van der Waals surface area contributed by atoms with Gasteiger partial charge in [-0.2, -0.15) is 0 Å². The number of carbonyl (C=O) groups is 1. The molecule has 0 N–H and O–H groups in total. The molecule has 0 bridgehead atoms. The normalized spacial score (nSPS) is 19.0. The van der Waals surface area contributed by atoms with Gasteiger partial charge in [-0.3, -0.25) is 4.79 Å². The van der Waals surface area contributed by atoms with Crippen LogP contribution in [0.1, 0.15) is 26.7 Å². The van der Waals surface area contributed by atoms with Gasteiger partial charge in [0, 0.05) is 12.0 Å². The molecule has 0 aromatic carbocycles. The zero-order valence-corrected chi connectivity index (χ0v) is 7.63. The first-order valence-corrected chi connectivity index (χ1v) is 4.28. The van der Waals surface area contributed by atoms with Crippen molar-refractivity contribution >= 4 is 5.78 Å². The Morgan fingerprint density at radius 3 is 2.50 bits per heavy atom. The smallest absolute Gasteiger partial charge is 0.163 e. The molecular weight excluding hydrogens is 148 g/mol. The maximum Gasteiger partial charge on any atom is 0.163 e. The predicted molar refractivity (Wildman–Crippen MR) is 50.9 cm³/mol. The minimum absolute atomic E-state index is 0.285. The molecule has 0 spiro atoms. The lowest BCUT2D eigenvalue weighted by Crippen LogP contribution is -1.91. The first-order valence-electron chi connectivity index (χ1n) is 4.28. The average Bonchev–Trinajstić information content (AvgIpc) is 2.35. The second-order valence-corrected chi connectivity index (χ2v) is 3.00. The first kappa shape index (κ1) is 8.98. The van der Waals surface area contributed by atoms with Crippen molar-refractivity contribution in [1.82, 2.24) is 0 Å². The molecule has 1 aliphatic rings. The van der Waals surface area contributed by atoms with Crippen molar-refractivity contribution in [2.24, 2.45) is 0 Å². The fourth-order valence-electron chi connectivity index (χ4n) is 1.31. The van der Waals surface area contributed by atoms with Gasteiger partial charge in [0.05, 0.1) is 0 Å². The van der Waals surface area contributed by atoms with Gasteiger partial charge in [0.2, 0.25) is 0 Å². The molecule has 0 radical (unpaired) electrons. The van der Waals surface area contributed by atoms with E-state index < -0.39 is 0 Å². The maximum absolute atomic E-state index is 11.2. The molecule has 0 saturated carbocycles. The van der Waals surface area contributed by atoms with E-state index in [0.717, 1.165) is 12.0 Å². The quantitative estimate of drug-likeness (QED) is 0.570. The second kappa shape index (κ2) is 4.05. The molecule has 0 fully saturated rings. The lowest BCUT2D eigenvalue weighted by Gasteiger charge is -1.91. The van der Waals surface area contributed by atoms with Crippen LogP contribution in [0.5, 0.6) is 0 Å². The van der Waals surface area contributed by atoms with Crippen LogP contribution in [-0.2, 0) is 4.79 Å². The third-order valence-corrected chi connectivity index (χ3v) is 2.05. The number of carbonyl (C=O) groups excluding carboxylic acids is 1. The number of hydrogen-bond acceptors (Lipinski definition) is 1. The highest BCUT2D eigenvalue weighted by molar-refractivity contribution is 6.01. The maximum atomic E-state index is 11.2. The molecular formula is C11H14O. The molecule has 0 aliphatic heterocycles. The van der Waals surface area contributed by atoms with E-state index in [0.29, 0.717) is 6.42 Å². The number of allylic oxidation sites excluding steroid dienone is 6. The van der Waals surface area contributed by atoms with E-state index in [1.54, 1.807) is 0 Å². The SMILES string of the molecule is C/C=C/C=C/C1=C(C)CCC1=O. The van der Waals surface area contributed by atoms with Crippen molar-refractivity contribution < 1.29 is 4.79 Å². The molecule has 0 atom stereocenters. The molecule has 0 heterocycles. The van der Waals surface area contributed by atoms with Gasteiger partial charge < -0.3 is 0 Å². The molecule has 1 heteroatoms. The van der Waals surface area contributed by atoms with Gasteiger partial charge in [-0.15, -0.1) is 0 Å². The van der Waals surface area contributed by atoms with Crippen molar-refractivity contribution in [2.75, 3.05) is 0 Å².